The zero-order chi connectivity index (χ0) is 17.7. The smallest absolute Gasteiger partial charge is 0.315 e. The first-order valence-electron chi connectivity index (χ1n) is 7.33. The first-order chi connectivity index (χ1) is 11.5. The molecule has 0 amide bonds. The molecule has 0 unspecified atom stereocenters. The van der Waals surface area contributed by atoms with E-state index >= 15 is 0 Å². The summed E-state index contributed by atoms with van der Waals surface area (Å²) in [6.45, 7) is 2.03. The van der Waals surface area contributed by atoms with Gasteiger partial charge in [-0.05, 0) is 29.7 Å². The van der Waals surface area contributed by atoms with E-state index in [1.165, 1.54) is 31.4 Å². The van der Waals surface area contributed by atoms with Crippen molar-refractivity contribution in [1.82, 2.24) is 0 Å². The molecule has 0 fully saturated rings. The lowest BCUT2D eigenvalue weighted by Gasteiger charge is -2.05. The molecule has 0 aliphatic heterocycles. The van der Waals surface area contributed by atoms with Gasteiger partial charge >= 0.3 is 5.69 Å². The maximum absolute atomic E-state index is 12.2. The van der Waals surface area contributed by atoms with Gasteiger partial charge in [0.2, 0.25) is 5.75 Å². The van der Waals surface area contributed by atoms with Crippen LogP contribution in [-0.2, 0) is 6.42 Å². The van der Waals surface area contributed by atoms with Crippen molar-refractivity contribution in [2.24, 2.45) is 0 Å². The highest BCUT2D eigenvalue weighted by atomic mass is 16.6. The summed E-state index contributed by atoms with van der Waals surface area (Å²) in [7, 11) is 1.30. The van der Waals surface area contributed by atoms with E-state index in [2.05, 4.69) is 0 Å². The SMILES string of the molecule is CCc1ccc(C(=O)/C=C/c2cc(OC)c(O)c([N+](=O)[O-])c2)cc1. The summed E-state index contributed by atoms with van der Waals surface area (Å²) in [5.74, 6) is -0.780. The third-order valence-corrected chi connectivity index (χ3v) is 3.57. The fourth-order valence-corrected chi connectivity index (χ4v) is 2.18. The lowest BCUT2D eigenvalue weighted by Crippen LogP contribution is -1.95. The van der Waals surface area contributed by atoms with Crippen LogP contribution in [0.3, 0.4) is 0 Å². The average Bonchev–Trinajstić information content (AvgIpc) is 2.60. The zero-order valence-electron chi connectivity index (χ0n) is 13.4. The number of phenolic OH excluding ortho intramolecular Hbond substituents is 1. The van der Waals surface area contributed by atoms with Crippen molar-refractivity contribution in [3.05, 3.63) is 69.3 Å². The number of methoxy groups -OCH3 is 1. The van der Waals surface area contributed by atoms with Gasteiger partial charge in [-0.1, -0.05) is 37.3 Å². The number of carbonyl (C=O) groups is 1. The Morgan fingerprint density at radius 1 is 1.29 bits per heavy atom. The van der Waals surface area contributed by atoms with Crippen LogP contribution in [-0.4, -0.2) is 22.9 Å². The summed E-state index contributed by atoms with van der Waals surface area (Å²) in [6, 6.07) is 9.86. The number of ether oxygens (including phenoxy) is 1. The molecule has 2 aromatic rings. The van der Waals surface area contributed by atoms with Gasteiger partial charge in [0.25, 0.3) is 0 Å². The van der Waals surface area contributed by atoms with Crippen molar-refractivity contribution in [1.29, 1.82) is 0 Å². The van der Waals surface area contributed by atoms with Crippen molar-refractivity contribution >= 4 is 17.5 Å². The van der Waals surface area contributed by atoms with Crippen LogP contribution in [0.5, 0.6) is 11.5 Å². The molecule has 0 atom stereocenters. The monoisotopic (exact) mass is 327 g/mol. The first-order valence-corrected chi connectivity index (χ1v) is 7.33. The number of nitro benzene ring substituents is 1. The number of carbonyl (C=O) groups excluding carboxylic acids is 1. The minimum Gasteiger partial charge on any atom is -0.500 e. The number of hydrogen-bond acceptors (Lipinski definition) is 5. The molecule has 0 aromatic heterocycles. The summed E-state index contributed by atoms with van der Waals surface area (Å²) in [6.07, 6.45) is 3.67. The van der Waals surface area contributed by atoms with Crippen LogP contribution in [0, 0.1) is 10.1 Å². The molecule has 0 heterocycles. The van der Waals surface area contributed by atoms with Crippen LogP contribution in [0.15, 0.2) is 42.5 Å². The fraction of sp³-hybridized carbons (Fsp3) is 0.167. The Balaban J connectivity index is 2.28. The topological polar surface area (TPSA) is 89.7 Å². The van der Waals surface area contributed by atoms with E-state index in [0.29, 0.717) is 11.1 Å². The van der Waals surface area contributed by atoms with E-state index in [4.69, 9.17) is 4.74 Å². The molecule has 0 spiro atoms. The van der Waals surface area contributed by atoms with Gasteiger partial charge in [-0.2, -0.15) is 0 Å². The fourth-order valence-electron chi connectivity index (χ4n) is 2.18. The molecule has 0 aliphatic rings. The van der Waals surface area contributed by atoms with Crippen molar-refractivity contribution in [3.8, 4) is 11.5 Å². The highest BCUT2D eigenvalue weighted by molar-refractivity contribution is 6.06. The second-order valence-corrected chi connectivity index (χ2v) is 5.10. The van der Waals surface area contributed by atoms with Gasteiger partial charge in [-0.15, -0.1) is 0 Å². The third-order valence-electron chi connectivity index (χ3n) is 3.57. The number of benzene rings is 2. The van der Waals surface area contributed by atoms with E-state index in [9.17, 15) is 20.0 Å². The van der Waals surface area contributed by atoms with Gasteiger partial charge in [-0.3, -0.25) is 14.9 Å². The molecule has 1 N–H and O–H groups in total. The predicted octanol–water partition coefficient (Wildman–Crippen LogP) is 3.77. The van der Waals surface area contributed by atoms with E-state index in [1.807, 2.05) is 19.1 Å². The van der Waals surface area contributed by atoms with Gasteiger partial charge < -0.3 is 9.84 Å². The van der Waals surface area contributed by atoms with Crippen LogP contribution in [0.1, 0.15) is 28.4 Å². The average molecular weight is 327 g/mol. The standard InChI is InChI=1S/C18H17NO5/c1-3-12-4-7-14(8-5-12)16(20)9-6-13-10-15(19(22)23)18(21)17(11-13)24-2/h4-11,21H,3H2,1-2H3/b9-6+. The molecule has 0 radical (unpaired) electrons. The normalized spacial score (nSPS) is 10.8. The van der Waals surface area contributed by atoms with E-state index in [0.717, 1.165) is 12.0 Å². The number of rotatable bonds is 6. The number of aryl methyl sites for hydroxylation is 1. The highest BCUT2D eigenvalue weighted by Gasteiger charge is 2.19. The lowest BCUT2D eigenvalue weighted by atomic mass is 10.1. The Bertz CT molecular complexity index is 794. The minimum absolute atomic E-state index is 0.0244. The molecule has 0 saturated carbocycles. The summed E-state index contributed by atoms with van der Waals surface area (Å²) < 4.78 is 4.92. The molecule has 6 heteroatoms. The van der Waals surface area contributed by atoms with Crippen LogP contribution in [0.25, 0.3) is 6.08 Å². The van der Waals surface area contributed by atoms with Crippen molar-refractivity contribution in [2.45, 2.75) is 13.3 Å². The minimum atomic E-state index is -0.708. The number of phenols is 1. The predicted molar refractivity (Wildman–Crippen MR) is 90.5 cm³/mol. The highest BCUT2D eigenvalue weighted by Crippen LogP contribution is 2.37. The zero-order valence-corrected chi connectivity index (χ0v) is 13.4. The second-order valence-electron chi connectivity index (χ2n) is 5.10. The number of ketones is 1. The van der Waals surface area contributed by atoms with Crippen molar-refractivity contribution in [3.63, 3.8) is 0 Å². The van der Waals surface area contributed by atoms with E-state index in [-0.39, 0.29) is 11.5 Å². The lowest BCUT2D eigenvalue weighted by molar-refractivity contribution is -0.386. The Morgan fingerprint density at radius 3 is 2.50 bits per heavy atom. The molecule has 6 nitrogen and oxygen atoms in total. The van der Waals surface area contributed by atoms with Gasteiger partial charge in [-0.25, -0.2) is 0 Å². The number of aromatic hydroxyl groups is 1. The summed E-state index contributed by atoms with van der Waals surface area (Å²) in [4.78, 5) is 22.4. The molecule has 0 aliphatic carbocycles. The van der Waals surface area contributed by atoms with Crippen LogP contribution in [0.4, 0.5) is 5.69 Å². The molecular weight excluding hydrogens is 310 g/mol. The van der Waals surface area contributed by atoms with E-state index in [1.54, 1.807) is 12.1 Å². The Labute approximate surface area is 139 Å². The van der Waals surface area contributed by atoms with E-state index < -0.39 is 16.4 Å². The van der Waals surface area contributed by atoms with Gasteiger partial charge in [0.05, 0.1) is 12.0 Å². The quantitative estimate of drug-likeness (QED) is 0.377. The molecule has 124 valence electrons. The Hall–Kier alpha value is -3.15. The number of allylic oxidation sites excluding steroid dienone is 1. The number of hydrogen-bond donors (Lipinski definition) is 1. The first kappa shape index (κ1) is 17.2. The summed E-state index contributed by atoms with van der Waals surface area (Å²) in [5.41, 5.74) is 1.57. The summed E-state index contributed by atoms with van der Waals surface area (Å²) >= 11 is 0. The van der Waals surface area contributed by atoms with Crippen LogP contribution in [0.2, 0.25) is 0 Å². The molecular formula is C18H17NO5. The van der Waals surface area contributed by atoms with Gasteiger partial charge in [0.1, 0.15) is 0 Å². The molecule has 2 rings (SSSR count). The molecule has 24 heavy (non-hydrogen) atoms. The second kappa shape index (κ2) is 7.41. The van der Waals surface area contributed by atoms with Gasteiger partial charge in [0.15, 0.2) is 11.5 Å². The largest absolute Gasteiger partial charge is 0.500 e. The Morgan fingerprint density at radius 2 is 1.96 bits per heavy atom. The summed E-state index contributed by atoms with van der Waals surface area (Å²) in [5, 5.41) is 20.7. The van der Waals surface area contributed by atoms with Crippen LogP contribution < -0.4 is 4.74 Å². The molecule has 0 saturated heterocycles. The van der Waals surface area contributed by atoms with Crippen LogP contribution >= 0.6 is 0 Å². The van der Waals surface area contributed by atoms with Crippen molar-refractivity contribution in [2.75, 3.05) is 7.11 Å². The number of nitrogens with zero attached hydrogens (tertiary/aromatic N) is 1. The molecule has 0 bridgehead atoms. The maximum Gasteiger partial charge on any atom is 0.315 e. The van der Waals surface area contributed by atoms with Crippen molar-refractivity contribution < 1.29 is 19.6 Å². The Kier molecular flexibility index (Phi) is 5.31. The molecule has 2 aromatic carbocycles. The number of nitro groups is 1. The third kappa shape index (κ3) is 3.78. The maximum atomic E-state index is 12.2. The van der Waals surface area contributed by atoms with Gasteiger partial charge in [0, 0.05) is 11.6 Å².